The fraction of sp³-hybridized carbons (Fsp3) is 0.152. The van der Waals surface area contributed by atoms with Gasteiger partial charge in [-0.05, 0) is 0 Å². The van der Waals surface area contributed by atoms with Crippen LogP contribution in [-0.2, 0) is 0 Å². The van der Waals surface area contributed by atoms with Crippen LogP contribution in [0.25, 0.3) is 20.0 Å². The molecule has 2 heteroatoms. The van der Waals surface area contributed by atoms with Crippen LogP contribution < -0.4 is 0 Å². The third kappa shape index (κ3) is 4.70. The van der Waals surface area contributed by atoms with Gasteiger partial charge in [-0.25, -0.2) is 0 Å². The van der Waals surface area contributed by atoms with Crippen LogP contribution in [0.5, 0.6) is 0 Å². The Morgan fingerprint density at radius 3 is 1.17 bits per heavy atom. The summed E-state index contributed by atoms with van der Waals surface area (Å²) < 4.78 is 2.82. The molecule has 0 amide bonds. The zero-order valence-electron chi connectivity index (χ0n) is 20.3. The molecule has 0 bridgehead atoms. The number of halogens is 1. The van der Waals surface area contributed by atoms with Gasteiger partial charge in [-0.2, -0.15) is 0 Å². The summed E-state index contributed by atoms with van der Waals surface area (Å²) >= 11 is -3.32. The van der Waals surface area contributed by atoms with Crippen LogP contribution in [-0.4, -0.2) is 12.3 Å². The molecule has 0 radical (unpaired) electrons. The van der Waals surface area contributed by atoms with Crippen molar-refractivity contribution in [3.63, 3.8) is 0 Å². The Morgan fingerprint density at radius 2 is 0.829 bits per heavy atom. The molecule has 0 nitrogen and oxygen atoms in total. The van der Waals surface area contributed by atoms with E-state index in [0.717, 1.165) is 11.7 Å². The summed E-state index contributed by atoms with van der Waals surface area (Å²) in [6.07, 6.45) is 3.57. The first-order valence-corrected chi connectivity index (χ1v) is 19.0. The summed E-state index contributed by atoms with van der Waals surface area (Å²) in [6, 6.07) is 43.6. The zero-order chi connectivity index (χ0) is 24.1. The van der Waals surface area contributed by atoms with Crippen molar-refractivity contribution >= 4 is 42.3 Å². The minimum absolute atomic E-state index is 1.08. The van der Waals surface area contributed by atoms with Crippen LogP contribution in [0.4, 0.5) is 0 Å². The first kappa shape index (κ1) is 23.9. The van der Waals surface area contributed by atoms with Crippen molar-refractivity contribution in [2.75, 3.05) is 0 Å². The van der Waals surface area contributed by atoms with Crippen molar-refractivity contribution in [3.05, 3.63) is 144 Å². The average molecular weight is 536 g/mol. The molecule has 0 unspecified atom stereocenters. The van der Waals surface area contributed by atoms with Gasteiger partial charge in [-0.1, -0.05) is 0 Å². The molecular formula is C33H31ClGe. The van der Waals surface area contributed by atoms with Gasteiger partial charge in [0.05, 0.1) is 0 Å². The molecule has 1 aliphatic rings. The van der Waals surface area contributed by atoms with E-state index < -0.39 is 12.3 Å². The molecule has 0 aliphatic carbocycles. The van der Waals surface area contributed by atoms with Crippen molar-refractivity contribution in [1.82, 2.24) is 0 Å². The molecule has 0 fully saturated rings. The summed E-state index contributed by atoms with van der Waals surface area (Å²) in [5.41, 5.74) is 7.71. The van der Waals surface area contributed by atoms with Crippen molar-refractivity contribution in [2.45, 2.75) is 31.4 Å². The SMILES string of the molecule is CCCC[CH2][Ge]1([Cl])[C](c2ccccc2)=C(c2ccccc2)C(c2ccccc2)=[C]1c1ccccc1. The second-order valence-corrected chi connectivity index (χ2v) is 19.1. The number of rotatable bonds is 8. The van der Waals surface area contributed by atoms with Crippen LogP contribution in [0, 0.1) is 0 Å². The second kappa shape index (κ2) is 10.9. The van der Waals surface area contributed by atoms with Gasteiger partial charge in [0.2, 0.25) is 0 Å². The van der Waals surface area contributed by atoms with Gasteiger partial charge >= 0.3 is 217 Å². The summed E-state index contributed by atoms with van der Waals surface area (Å²) in [6.45, 7) is 2.27. The molecule has 35 heavy (non-hydrogen) atoms. The Balaban J connectivity index is 1.90. The molecule has 1 heterocycles. The molecule has 0 saturated carbocycles. The number of hydrogen-bond acceptors (Lipinski definition) is 0. The normalized spacial score (nSPS) is 15.0. The predicted molar refractivity (Wildman–Crippen MR) is 155 cm³/mol. The minimum atomic E-state index is -3.32. The van der Waals surface area contributed by atoms with Gasteiger partial charge in [-0.15, -0.1) is 0 Å². The Morgan fingerprint density at radius 1 is 0.486 bits per heavy atom. The van der Waals surface area contributed by atoms with E-state index in [9.17, 15) is 0 Å². The fourth-order valence-corrected chi connectivity index (χ4v) is 16.7. The van der Waals surface area contributed by atoms with Crippen molar-refractivity contribution in [2.24, 2.45) is 0 Å². The topological polar surface area (TPSA) is 0 Å². The first-order chi connectivity index (χ1) is 17.2. The number of allylic oxidation sites excluding steroid dienone is 2. The Labute approximate surface area is 216 Å². The van der Waals surface area contributed by atoms with Gasteiger partial charge in [-0.3, -0.25) is 0 Å². The molecule has 0 spiro atoms. The van der Waals surface area contributed by atoms with Gasteiger partial charge in [0, 0.05) is 0 Å². The van der Waals surface area contributed by atoms with Gasteiger partial charge in [0.15, 0.2) is 0 Å². The Bertz CT molecular complexity index is 1220. The number of unbranched alkanes of at least 4 members (excludes halogenated alkanes) is 2. The van der Waals surface area contributed by atoms with Gasteiger partial charge in [0.1, 0.15) is 0 Å². The molecule has 4 aromatic rings. The van der Waals surface area contributed by atoms with Crippen molar-refractivity contribution < 1.29 is 0 Å². The molecule has 0 saturated heterocycles. The van der Waals surface area contributed by atoms with Crippen molar-refractivity contribution in [1.29, 1.82) is 0 Å². The van der Waals surface area contributed by atoms with Crippen LogP contribution in [0.3, 0.4) is 0 Å². The Hall–Kier alpha value is -2.81. The van der Waals surface area contributed by atoms with E-state index in [-0.39, 0.29) is 0 Å². The molecule has 174 valence electrons. The maximum absolute atomic E-state index is 8.17. The van der Waals surface area contributed by atoms with E-state index in [1.165, 1.54) is 55.1 Å². The van der Waals surface area contributed by atoms with Crippen molar-refractivity contribution in [3.8, 4) is 0 Å². The quantitative estimate of drug-likeness (QED) is 0.156. The third-order valence-corrected chi connectivity index (χ3v) is 17.6. The third-order valence-electron chi connectivity index (χ3n) is 6.92. The molecule has 0 aromatic heterocycles. The summed E-state index contributed by atoms with van der Waals surface area (Å²) in [5, 5.41) is 1.08. The van der Waals surface area contributed by atoms with E-state index in [2.05, 4.69) is 128 Å². The van der Waals surface area contributed by atoms with Crippen LogP contribution in [0.2, 0.25) is 5.25 Å². The summed E-state index contributed by atoms with van der Waals surface area (Å²) in [4.78, 5) is 0. The fourth-order valence-electron chi connectivity index (χ4n) is 5.38. The molecule has 5 rings (SSSR count). The van der Waals surface area contributed by atoms with Gasteiger partial charge in [0.25, 0.3) is 0 Å². The number of hydrogen-bond donors (Lipinski definition) is 0. The van der Waals surface area contributed by atoms with E-state index in [0.29, 0.717) is 0 Å². The van der Waals surface area contributed by atoms with Crippen LogP contribution >= 0.6 is 10.0 Å². The predicted octanol–water partition coefficient (Wildman–Crippen LogP) is 9.67. The van der Waals surface area contributed by atoms with E-state index in [4.69, 9.17) is 10.0 Å². The number of benzene rings is 4. The molecule has 4 aromatic carbocycles. The molecule has 0 N–H and O–H groups in total. The monoisotopic (exact) mass is 536 g/mol. The van der Waals surface area contributed by atoms with E-state index >= 15 is 0 Å². The second-order valence-electron chi connectivity index (χ2n) is 9.22. The molecule has 1 aliphatic heterocycles. The maximum atomic E-state index is 8.17. The first-order valence-electron chi connectivity index (χ1n) is 12.6. The average Bonchev–Trinajstić information content (AvgIpc) is 3.20. The van der Waals surface area contributed by atoms with Crippen LogP contribution in [0.1, 0.15) is 48.4 Å². The van der Waals surface area contributed by atoms with E-state index in [1.54, 1.807) is 0 Å². The standard InChI is InChI=1S/C33H31ClGe/c1-2-3-16-25-35(34)32(28-21-12-6-13-22-28)30(26-17-8-4-9-18-26)31(27-19-10-5-11-20-27)33(35)29-23-14-7-15-24-29/h4-15,17-24H,2-3,16,25H2,1H3. The summed E-state index contributed by atoms with van der Waals surface area (Å²) in [7, 11) is 8.17. The zero-order valence-corrected chi connectivity index (χ0v) is 23.1. The van der Waals surface area contributed by atoms with E-state index in [1.807, 2.05) is 0 Å². The Kier molecular flexibility index (Phi) is 7.41. The van der Waals surface area contributed by atoms with Gasteiger partial charge < -0.3 is 0 Å². The molecule has 0 atom stereocenters. The summed E-state index contributed by atoms with van der Waals surface area (Å²) in [5.74, 6) is 0. The van der Waals surface area contributed by atoms with Crippen LogP contribution in [0.15, 0.2) is 121 Å². The molecular weight excluding hydrogens is 504 g/mol.